The van der Waals surface area contributed by atoms with Crippen molar-refractivity contribution in [2.75, 3.05) is 26.4 Å². The molecular weight excluding hydrogens is 704 g/mol. The van der Waals surface area contributed by atoms with Gasteiger partial charge in [0.2, 0.25) is 11.6 Å². The van der Waals surface area contributed by atoms with Crippen LogP contribution in [0.1, 0.15) is 110 Å². The van der Waals surface area contributed by atoms with Gasteiger partial charge in [0, 0.05) is 25.0 Å². The van der Waals surface area contributed by atoms with Crippen molar-refractivity contribution in [3.05, 3.63) is 71.8 Å². The summed E-state index contributed by atoms with van der Waals surface area (Å²) in [6.45, 7) is 14.3. The highest BCUT2D eigenvalue weighted by atomic mass is 16.6. The number of carbonyl (C=O) groups excluding carboxylic acids is 6. The van der Waals surface area contributed by atoms with Crippen molar-refractivity contribution >= 4 is 35.4 Å². The molecule has 0 heterocycles. The van der Waals surface area contributed by atoms with Crippen LogP contribution in [0.25, 0.3) is 11.1 Å². The number of hydrogen-bond acceptors (Lipinski definition) is 11. The van der Waals surface area contributed by atoms with E-state index >= 15 is 0 Å². The van der Waals surface area contributed by atoms with Crippen molar-refractivity contribution < 1.29 is 52.5 Å². The van der Waals surface area contributed by atoms with Crippen LogP contribution in [0, 0.1) is 11.3 Å². The Morgan fingerprint density at radius 2 is 1.25 bits per heavy atom. The van der Waals surface area contributed by atoms with E-state index in [0.29, 0.717) is 5.92 Å². The third kappa shape index (κ3) is 13.3. The number of hydrogen-bond donors (Lipinski definition) is 0. The fraction of sp³-hybridized carbons (Fsp3) is 0.500. The topological polar surface area (TPSA) is 149 Å². The largest absolute Gasteiger partial charge is 0.489 e. The first-order valence-electron chi connectivity index (χ1n) is 19.0. The van der Waals surface area contributed by atoms with Gasteiger partial charge in [0.25, 0.3) is 0 Å². The fourth-order valence-corrected chi connectivity index (χ4v) is 6.43. The summed E-state index contributed by atoms with van der Waals surface area (Å²) in [4.78, 5) is 73.2. The van der Waals surface area contributed by atoms with Crippen LogP contribution in [-0.2, 0) is 49.4 Å². The van der Waals surface area contributed by atoms with E-state index in [-0.39, 0.29) is 22.6 Å². The lowest BCUT2D eigenvalue weighted by Crippen LogP contribution is -2.45. The van der Waals surface area contributed by atoms with Crippen LogP contribution < -0.4 is 9.47 Å². The minimum absolute atomic E-state index is 0.0484. The highest BCUT2D eigenvalue weighted by molar-refractivity contribution is 6.32. The number of esters is 4. The molecule has 55 heavy (non-hydrogen) atoms. The van der Waals surface area contributed by atoms with Crippen molar-refractivity contribution in [3.63, 3.8) is 0 Å². The number of ether oxygens (including phenoxy) is 5. The van der Waals surface area contributed by atoms with E-state index in [9.17, 15) is 28.8 Å². The number of ketones is 2. The Bertz CT molecular complexity index is 1670. The molecule has 0 unspecified atom stereocenters. The standard InChI is InChI=1S/C44H56O11/c1-9-11-12-13-32-14-16-34(17-15-32)35-18-20-37(33(10-2)22-35)36-19-21-38(39(23-36)55-41(48)29(5)6)51-24-44(25-52-40(47)28(3)4,26-53-42(49)30(7)45)27-54-43(50)31(8)46/h18-23,32,34H,3,5,9-17,24-27H2,1-2,4,6-8H3. The number of carbonyl (C=O) groups is 6. The van der Waals surface area contributed by atoms with Crippen molar-refractivity contribution in [1.29, 1.82) is 0 Å². The zero-order chi connectivity index (χ0) is 40.7. The van der Waals surface area contributed by atoms with Gasteiger partial charge in [0.1, 0.15) is 31.8 Å². The summed E-state index contributed by atoms with van der Waals surface area (Å²) in [5.74, 6) is -4.22. The molecule has 0 saturated heterocycles. The molecule has 1 saturated carbocycles. The number of aryl methyl sites for hydroxylation is 1. The first-order valence-corrected chi connectivity index (χ1v) is 19.0. The Kier molecular flexibility index (Phi) is 17.0. The summed E-state index contributed by atoms with van der Waals surface area (Å²) in [7, 11) is 0. The summed E-state index contributed by atoms with van der Waals surface area (Å²) < 4.78 is 27.7. The van der Waals surface area contributed by atoms with Gasteiger partial charge in [-0.15, -0.1) is 0 Å². The molecule has 0 aromatic heterocycles. The average molecular weight is 761 g/mol. The van der Waals surface area contributed by atoms with Crippen LogP contribution in [-0.4, -0.2) is 61.9 Å². The SMILES string of the molecule is C=C(C)C(=O)OCC(COC(=O)C(C)=O)(COC(=O)C(C)=O)COc1ccc(-c2ccc(C3CCC(CCCCC)CC3)cc2CC)cc1OC(=O)C(=C)C. The quantitative estimate of drug-likeness (QED) is 0.0304. The highest BCUT2D eigenvalue weighted by Crippen LogP contribution is 2.41. The predicted molar refractivity (Wildman–Crippen MR) is 208 cm³/mol. The van der Waals surface area contributed by atoms with Gasteiger partial charge in [0.15, 0.2) is 11.5 Å². The zero-order valence-electron chi connectivity index (χ0n) is 33.2. The maximum absolute atomic E-state index is 12.9. The molecule has 0 bridgehead atoms. The van der Waals surface area contributed by atoms with Crippen LogP contribution in [0.4, 0.5) is 0 Å². The number of unbranched alkanes of at least 4 members (excludes halogenated alkanes) is 2. The van der Waals surface area contributed by atoms with E-state index < -0.39 is 67.3 Å². The number of rotatable bonds is 21. The van der Waals surface area contributed by atoms with E-state index in [4.69, 9.17) is 23.7 Å². The summed E-state index contributed by atoms with van der Waals surface area (Å²) in [5.41, 5.74) is 2.79. The Labute approximate surface area is 324 Å². The Morgan fingerprint density at radius 1 is 0.673 bits per heavy atom. The average Bonchev–Trinajstić information content (AvgIpc) is 3.17. The van der Waals surface area contributed by atoms with Crippen LogP contribution in [0.3, 0.4) is 0 Å². The molecule has 0 radical (unpaired) electrons. The monoisotopic (exact) mass is 760 g/mol. The van der Waals surface area contributed by atoms with Gasteiger partial charge in [-0.3, -0.25) is 9.59 Å². The van der Waals surface area contributed by atoms with Crippen molar-refractivity contribution in [1.82, 2.24) is 0 Å². The van der Waals surface area contributed by atoms with Crippen molar-refractivity contribution in [2.45, 2.75) is 105 Å². The molecule has 11 nitrogen and oxygen atoms in total. The molecule has 1 fully saturated rings. The van der Waals surface area contributed by atoms with Gasteiger partial charge in [0.05, 0.1) is 0 Å². The molecular formula is C44H56O11. The third-order valence-electron chi connectivity index (χ3n) is 9.84. The molecule has 298 valence electrons. The van der Waals surface area contributed by atoms with E-state index in [1.54, 1.807) is 12.1 Å². The summed E-state index contributed by atoms with van der Waals surface area (Å²) in [6.07, 6.45) is 10.8. The van der Waals surface area contributed by atoms with Gasteiger partial charge < -0.3 is 23.7 Å². The lowest BCUT2D eigenvalue weighted by atomic mass is 9.76. The van der Waals surface area contributed by atoms with E-state index in [1.807, 2.05) is 6.07 Å². The lowest BCUT2D eigenvalue weighted by Gasteiger charge is -2.32. The Hall–Kier alpha value is -5.06. The van der Waals surface area contributed by atoms with Gasteiger partial charge in [-0.25, -0.2) is 19.2 Å². The molecule has 0 spiro atoms. The van der Waals surface area contributed by atoms with E-state index in [1.165, 1.54) is 70.8 Å². The predicted octanol–water partition coefficient (Wildman–Crippen LogP) is 8.00. The van der Waals surface area contributed by atoms with E-state index in [2.05, 4.69) is 45.2 Å². The highest BCUT2D eigenvalue weighted by Gasteiger charge is 2.39. The lowest BCUT2D eigenvalue weighted by molar-refractivity contribution is -0.168. The molecule has 1 aliphatic rings. The second-order valence-corrected chi connectivity index (χ2v) is 14.7. The minimum Gasteiger partial charge on any atom is -0.489 e. The van der Waals surface area contributed by atoms with Crippen molar-refractivity contribution in [3.8, 4) is 22.6 Å². The molecule has 2 aromatic rings. The second-order valence-electron chi connectivity index (χ2n) is 14.7. The Morgan fingerprint density at radius 3 is 1.78 bits per heavy atom. The Balaban J connectivity index is 1.97. The minimum atomic E-state index is -1.63. The molecule has 11 heteroatoms. The normalized spacial score (nSPS) is 15.3. The summed E-state index contributed by atoms with van der Waals surface area (Å²) >= 11 is 0. The second kappa shape index (κ2) is 21.1. The van der Waals surface area contributed by atoms with Gasteiger partial charge in [-0.05, 0) is 92.2 Å². The van der Waals surface area contributed by atoms with Crippen LogP contribution in [0.2, 0.25) is 0 Å². The molecule has 0 aliphatic heterocycles. The van der Waals surface area contributed by atoms with Gasteiger partial charge >= 0.3 is 23.9 Å². The van der Waals surface area contributed by atoms with Gasteiger partial charge in [-0.2, -0.15) is 0 Å². The molecule has 0 atom stereocenters. The maximum Gasteiger partial charge on any atom is 0.374 e. The van der Waals surface area contributed by atoms with Crippen molar-refractivity contribution in [2.24, 2.45) is 11.3 Å². The summed E-state index contributed by atoms with van der Waals surface area (Å²) in [5, 5.41) is 0. The molecule has 1 aliphatic carbocycles. The zero-order valence-corrected chi connectivity index (χ0v) is 33.2. The first-order chi connectivity index (χ1) is 26.1. The van der Waals surface area contributed by atoms with Gasteiger partial charge in [-0.1, -0.05) is 77.0 Å². The first kappa shape index (κ1) is 44.3. The molecule has 0 amide bonds. The fourth-order valence-electron chi connectivity index (χ4n) is 6.43. The molecule has 0 N–H and O–H groups in total. The van der Waals surface area contributed by atoms with Crippen LogP contribution >= 0.6 is 0 Å². The number of benzene rings is 2. The number of Topliss-reactive ketones (excluding diaryl/α,β-unsaturated/α-hetero) is 2. The summed E-state index contributed by atoms with van der Waals surface area (Å²) in [6, 6.07) is 11.7. The van der Waals surface area contributed by atoms with E-state index in [0.717, 1.165) is 42.9 Å². The van der Waals surface area contributed by atoms with Crippen LogP contribution in [0.15, 0.2) is 60.7 Å². The smallest absolute Gasteiger partial charge is 0.374 e. The van der Waals surface area contributed by atoms with Crippen LogP contribution in [0.5, 0.6) is 11.5 Å². The molecule has 3 rings (SSSR count). The maximum atomic E-state index is 12.9. The third-order valence-corrected chi connectivity index (χ3v) is 9.84. The molecule has 2 aromatic carbocycles.